The first-order valence-electron chi connectivity index (χ1n) is 8.85. The Morgan fingerprint density at radius 2 is 2.03 bits per heavy atom. The predicted octanol–water partition coefficient (Wildman–Crippen LogP) is 5.13. The molecule has 2 N–H and O–H groups in total. The summed E-state index contributed by atoms with van der Waals surface area (Å²) in [6, 6.07) is 6.80. The lowest BCUT2D eigenvalue weighted by Gasteiger charge is -2.13. The molecule has 11 heteroatoms. The van der Waals surface area contributed by atoms with Crippen LogP contribution in [0.3, 0.4) is 0 Å². The number of nitrogens with zero attached hydrogens (tertiary/aromatic N) is 1. The topological polar surface area (TPSA) is 95.9 Å². The van der Waals surface area contributed by atoms with Gasteiger partial charge in [-0.05, 0) is 86.5 Å². The lowest BCUT2D eigenvalue weighted by Crippen LogP contribution is -2.36. The standard InChI is InChI=1S/C20H15Br2FN2O5S/c1-2-30-13-6-10(16(21)17(22)18(13)27)7-14-19(28)25(20(29)31-14)9-15(26)24-12-5-3-4-11(23)8-12/h3-8,27H,2,9H2,1H3,(H,24,26)/b14-7+. The molecule has 162 valence electrons. The first-order valence-corrected chi connectivity index (χ1v) is 11.3. The minimum absolute atomic E-state index is 0.101. The molecule has 1 saturated heterocycles. The van der Waals surface area contributed by atoms with Crippen LogP contribution in [0.4, 0.5) is 14.9 Å². The average Bonchev–Trinajstić information content (AvgIpc) is 2.97. The van der Waals surface area contributed by atoms with E-state index in [1.54, 1.807) is 6.92 Å². The Bertz CT molecular complexity index is 1110. The molecule has 1 aliphatic heterocycles. The molecule has 0 bridgehead atoms. The van der Waals surface area contributed by atoms with E-state index in [2.05, 4.69) is 37.2 Å². The maximum atomic E-state index is 13.3. The van der Waals surface area contributed by atoms with Crippen molar-refractivity contribution in [3.8, 4) is 11.5 Å². The van der Waals surface area contributed by atoms with Crippen molar-refractivity contribution in [3.63, 3.8) is 0 Å². The van der Waals surface area contributed by atoms with E-state index >= 15 is 0 Å². The molecule has 2 aromatic rings. The molecule has 0 saturated carbocycles. The molecule has 3 amide bonds. The zero-order valence-corrected chi connectivity index (χ0v) is 19.9. The van der Waals surface area contributed by atoms with Crippen molar-refractivity contribution in [3.05, 3.63) is 55.6 Å². The number of thioether (sulfide) groups is 1. The van der Waals surface area contributed by atoms with Gasteiger partial charge in [-0.2, -0.15) is 0 Å². The van der Waals surface area contributed by atoms with Crippen LogP contribution in [0.5, 0.6) is 11.5 Å². The van der Waals surface area contributed by atoms with Crippen LogP contribution in [0.25, 0.3) is 6.08 Å². The van der Waals surface area contributed by atoms with Crippen LogP contribution in [0.15, 0.2) is 44.2 Å². The summed E-state index contributed by atoms with van der Waals surface area (Å²) in [5.41, 5.74) is 0.705. The summed E-state index contributed by atoms with van der Waals surface area (Å²) in [5, 5.41) is 12.0. The Kier molecular flexibility index (Phi) is 7.39. The van der Waals surface area contributed by atoms with Gasteiger partial charge in [0.1, 0.15) is 12.4 Å². The highest BCUT2D eigenvalue weighted by molar-refractivity contribution is 9.13. The number of amides is 3. The Balaban J connectivity index is 1.80. The molecular formula is C20H15Br2FN2O5S. The van der Waals surface area contributed by atoms with Crippen LogP contribution in [0.2, 0.25) is 0 Å². The normalized spacial score (nSPS) is 15.0. The number of ether oxygens (including phenoxy) is 1. The van der Waals surface area contributed by atoms with Crippen molar-refractivity contribution in [2.45, 2.75) is 6.92 Å². The highest BCUT2D eigenvalue weighted by atomic mass is 79.9. The number of imide groups is 1. The minimum atomic E-state index is -0.640. The number of carbonyl (C=O) groups excluding carboxylic acids is 3. The smallest absolute Gasteiger partial charge is 0.294 e. The molecule has 0 atom stereocenters. The number of hydrogen-bond acceptors (Lipinski definition) is 6. The van der Waals surface area contributed by atoms with Crippen LogP contribution in [-0.2, 0) is 9.59 Å². The average molecular weight is 574 g/mol. The van der Waals surface area contributed by atoms with E-state index in [0.717, 1.165) is 11.0 Å². The van der Waals surface area contributed by atoms with Crippen molar-refractivity contribution < 1.29 is 28.6 Å². The van der Waals surface area contributed by atoms with Crippen LogP contribution in [-0.4, -0.2) is 40.2 Å². The molecule has 0 unspecified atom stereocenters. The van der Waals surface area contributed by atoms with Crippen molar-refractivity contribution in [1.82, 2.24) is 4.90 Å². The largest absolute Gasteiger partial charge is 0.503 e. The van der Waals surface area contributed by atoms with Gasteiger partial charge in [-0.3, -0.25) is 19.3 Å². The van der Waals surface area contributed by atoms with Gasteiger partial charge in [0.05, 0.1) is 16.0 Å². The summed E-state index contributed by atoms with van der Waals surface area (Å²) in [7, 11) is 0. The number of phenols is 1. The van der Waals surface area contributed by atoms with E-state index < -0.39 is 29.4 Å². The number of aromatic hydroxyl groups is 1. The predicted molar refractivity (Wildman–Crippen MR) is 122 cm³/mol. The second kappa shape index (κ2) is 9.84. The van der Waals surface area contributed by atoms with Gasteiger partial charge >= 0.3 is 0 Å². The number of anilines is 1. The van der Waals surface area contributed by atoms with E-state index in [9.17, 15) is 23.9 Å². The lowest BCUT2D eigenvalue weighted by atomic mass is 10.2. The fourth-order valence-electron chi connectivity index (χ4n) is 2.67. The minimum Gasteiger partial charge on any atom is -0.503 e. The third kappa shape index (κ3) is 5.28. The number of phenolic OH excluding ortho intramolecular Hbond substituents is 1. The fraction of sp³-hybridized carbons (Fsp3) is 0.150. The first-order chi connectivity index (χ1) is 14.7. The number of benzene rings is 2. The van der Waals surface area contributed by atoms with E-state index in [1.807, 2.05) is 0 Å². The van der Waals surface area contributed by atoms with Crippen molar-refractivity contribution in [2.24, 2.45) is 0 Å². The second-order valence-electron chi connectivity index (χ2n) is 6.20. The van der Waals surface area contributed by atoms with Crippen LogP contribution in [0.1, 0.15) is 12.5 Å². The highest BCUT2D eigenvalue weighted by Crippen LogP contribution is 2.43. The quantitative estimate of drug-likeness (QED) is 0.465. The van der Waals surface area contributed by atoms with Crippen LogP contribution < -0.4 is 10.1 Å². The molecule has 1 heterocycles. The summed E-state index contributed by atoms with van der Waals surface area (Å²) >= 11 is 7.27. The fourth-order valence-corrected chi connectivity index (χ4v) is 4.34. The molecule has 0 spiro atoms. The highest BCUT2D eigenvalue weighted by Gasteiger charge is 2.36. The van der Waals surface area contributed by atoms with Crippen molar-refractivity contribution >= 4 is 72.4 Å². The summed E-state index contributed by atoms with van der Waals surface area (Å²) in [4.78, 5) is 38.1. The van der Waals surface area contributed by atoms with Crippen LogP contribution in [0, 0.1) is 5.82 Å². The molecule has 31 heavy (non-hydrogen) atoms. The van der Waals surface area contributed by atoms with Gasteiger partial charge in [-0.15, -0.1) is 0 Å². The molecule has 1 fully saturated rings. The molecule has 0 aromatic heterocycles. The van der Waals surface area contributed by atoms with Gasteiger partial charge in [0.15, 0.2) is 11.5 Å². The van der Waals surface area contributed by atoms with E-state index in [1.165, 1.54) is 30.3 Å². The summed E-state index contributed by atoms with van der Waals surface area (Å²) < 4.78 is 19.4. The van der Waals surface area contributed by atoms with Crippen molar-refractivity contribution in [1.29, 1.82) is 0 Å². The Labute approximate surface area is 197 Å². The monoisotopic (exact) mass is 572 g/mol. The molecule has 2 aromatic carbocycles. The Morgan fingerprint density at radius 1 is 1.29 bits per heavy atom. The molecular weight excluding hydrogens is 559 g/mol. The third-order valence-corrected chi connectivity index (χ3v) is 7.11. The lowest BCUT2D eigenvalue weighted by molar-refractivity contribution is -0.127. The summed E-state index contributed by atoms with van der Waals surface area (Å²) in [6.45, 7) is 1.57. The molecule has 0 radical (unpaired) electrons. The zero-order valence-electron chi connectivity index (χ0n) is 15.9. The van der Waals surface area contributed by atoms with Gasteiger partial charge in [0.2, 0.25) is 5.91 Å². The van der Waals surface area contributed by atoms with Crippen LogP contribution >= 0.6 is 43.6 Å². The third-order valence-electron chi connectivity index (χ3n) is 4.04. The molecule has 3 rings (SSSR count). The molecule has 0 aliphatic carbocycles. The number of halogens is 3. The van der Waals surface area contributed by atoms with Gasteiger partial charge in [-0.1, -0.05) is 6.07 Å². The number of hydrogen-bond donors (Lipinski definition) is 2. The SMILES string of the molecule is CCOc1cc(/C=C2/SC(=O)N(CC(=O)Nc3cccc(F)c3)C2=O)c(Br)c(Br)c1O. The van der Waals surface area contributed by atoms with E-state index in [4.69, 9.17) is 4.74 Å². The maximum Gasteiger partial charge on any atom is 0.294 e. The number of carbonyl (C=O) groups is 3. The van der Waals surface area contributed by atoms with Gasteiger partial charge in [0, 0.05) is 10.2 Å². The Morgan fingerprint density at radius 3 is 2.71 bits per heavy atom. The molecule has 1 aliphatic rings. The number of rotatable bonds is 6. The first kappa shape index (κ1) is 23.3. The number of nitrogens with one attached hydrogen (secondary N) is 1. The molecule has 7 nitrogen and oxygen atoms in total. The van der Waals surface area contributed by atoms with Gasteiger partial charge in [-0.25, -0.2) is 4.39 Å². The maximum absolute atomic E-state index is 13.3. The second-order valence-corrected chi connectivity index (χ2v) is 8.78. The van der Waals surface area contributed by atoms with Gasteiger partial charge < -0.3 is 15.2 Å². The Hall–Kier alpha value is -2.37. The van der Waals surface area contributed by atoms with E-state index in [0.29, 0.717) is 32.9 Å². The summed E-state index contributed by atoms with van der Waals surface area (Å²) in [6.07, 6.45) is 1.46. The van der Waals surface area contributed by atoms with Crippen molar-refractivity contribution in [2.75, 3.05) is 18.5 Å². The zero-order chi connectivity index (χ0) is 22.7. The summed E-state index contributed by atoms with van der Waals surface area (Å²) in [5.74, 6) is -1.70. The van der Waals surface area contributed by atoms with Gasteiger partial charge in [0.25, 0.3) is 11.1 Å². The van der Waals surface area contributed by atoms with E-state index in [-0.39, 0.29) is 22.1 Å².